The number of nitrogens with one attached hydrogen (secondary N) is 3. The van der Waals surface area contributed by atoms with Crippen molar-refractivity contribution in [2.75, 3.05) is 13.1 Å². The number of aromatic amines is 2. The molecule has 17 heavy (non-hydrogen) atoms. The van der Waals surface area contributed by atoms with Gasteiger partial charge in [0.05, 0.1) is 5.52 Å². The Morgan fingerprint density at radius 3 is 2.71 bits per heavy atom. The van der Waals surface area contributed by atoms with Crippen LogP contribution < -0.4 is 11.0 Å². The Balaban J connectivity index is 2.07. The van der Waals surface area contributed by atoms with Crippen LogP contribution in [0.5, 0.6) is 0 Å². The van der Waals surface area contributed by atoms with Gasteiger partial charge in [-0.15, -0.1) is 0 Å². The second-order valence-corrected chi connectivity index (χ2v) is 4.53. The lowest BCUT2D eigenvalue weighted by molar-refractivity contribution is 0.459. The Hall–Kier alpha value is -1.62. The molecule has 1 aromatic carbocycles. The van der Waals surface area contributed by atoms with Crippen molar-refractivity contribution >= 4 is 11.0 Å². The number of H-pyrrole nitrogens is 2. The molecule has 0 aliphatic carbocycles. The van der Waals surface area contributed by atoms with E-state index in [-0.39, 0.29) is 17.0 Å². The van der Waals surface area contributed by atoms with Gasteiger partial charge in [0.15, 0.2) is 0 Å². The molecule has 0 spiro atoms. The molecular formula is C12H14FN3O. The summed E-state index contributed by atoms with van der Waals surface area (Å²) in [5, 5.41) is 3.28. The van der Waals surface area contributed by atoms with E-state index in [1.54, 1.807) is 6.07 Å². The summed E-state index contributed by atoms with van der Waals surface area (Å²) in [5.41, 5.74) is 1.45. The van der Waals surface area contributed by atoms with Gasteiger partial charge in [0.2, 0.25) is 0 Å². The van der Waals surface area contributed by atoms with E-state index in [4.69, 9.17) is 0 Å². The maximum atomic E-state index is 13.8. The Labute approximate surface area is 97.2 Å². The van der Waals surface area contributed by atoms with Gasteiger partial charge in [-0.1, -0.05) is 0 Å². The van der Waals surface area contributed by atoms with E-state index in [2.05, 4.69) is 15.3 Å². The maximum absolute atomic E-state index is 13.8. The Bertz CT molecular complexity index is 595. The van der Waals surface area contributed by atoms with E-state index >= 15 is 0 Å². The van der Waals surface area contributed by atoms with Crippen molar-refractivity contribution in [3.05, 3.63) is 34.0 Å². The Morgan fingerprint density at radius 2 is 1.94 bits per heavy atom. The topological polar surface area (TPSA) is 60.7 Å². The quantitative estimate of drug-likeness (QED) is 0.700. The fraction of sp³-hybridized carbons (Fsp3) is 0.417. The Morgan fingerprint density at radius 1 is 1.18 bits per heavy atom. The van der Waals surface area contributed by atoms with Crippen LogP contribution in [0.25, 0.3) is 11.0 Å². The molecule has 0 bridgehead atoms. The van der Waals surface area contributed by atoms with Gasteiger partial charge in [0.1, 0.15) is 11.3 Å². The summed E-state index contributed by atoms with van der Waals surface area (Å²) in [6, 6.07) is 3.42. The summed E-state index contributed by atoms with van der Waals surface area (Å²) in [6.45, 7) is 1.93. The molecule has 0 radical (unpaired) electrons. The van der Waals surface area contributed by atoms with Gasteiger partial charge >= 0.3 is 5.69 Å². The largest absolute Gasteiger partial charge is 0.323 e. The second-order valence-electron chi connectivity index (χ2n) is 4.53. The Kier molecular flexibility index (Phi) is 2.48. The van der Waals surface area contributed by atoms with Crippen LogP contribution in [0.3, 0.4) is 0 Å². The molecule has 0 amide bonds. The molecule has 1 fully saturated rings. The molecule has 0 atom stereocenters. The van der Waals surface area contributed by atoms with Crippen molar-refractivity contribution in [1.29, 1.82) is 0 Å². The van der Waals surface area contributed by atoms with Crippen molar-refractivity contribution in [1.82, 2.24) is 15.3 Å². The first kappa shape index (κ1) is 10.5. The third kappa shape index (κ3) is 1.86. The number of benzene rings is 1. The highest BCUT2D eigenvalue weighted by atomic mass is 19.1. The minimum Gasteiger partial charge on any atom is -0.317 e. The average molecular weight is 235 g/mol. The molecule has 1 aromatic heterocycles. The lowest BCUT2D eigenvalue weighted by Crippen LogP contribution is -2.26. The van der Waals surface area contributed by atoms with Gasteiger partial charge in [0, 0.05) is 0 Å². The fourth-order valence-corrected chi connectivity index (χ4v) is 2.51. The van der Waals surface area contributed by atoms with Gasteiger partial charge in [0.25, 0.3) is 0 Å². The third-order valence-electron chi connectivity index (χ3n) is 3.41. The lowest BCUT2D eigenvalue weighted by atomic mass is 9.90. The molecule has 1 saturated heterocycles. The number of imidazole rings is 1. The molecule has 0 unspecified atom stereocenters. The van der Waals surface area contributed by atoms with Gasteiger partial charge in [-0.2, -0.15) is 0 Å². The summed E-state index contributed by atoms with van der Waals surface area (Å²) < 4.78 is 13.8. The first-order valence-electron chi connectivity index (χ1n) is 5.86. The minimum atomic E-state index is -0.360. The van der Waals surface area contributed by atoms with Gasteiger partial charge in [-0.3, -0.25) is 0 Å². The lowest BCUT2D eigenvalue weighted by Gasteiger charge is -2.23. The smallest absolute Gasteiger partial charge is 0.317 e. The van der Waals surface area contributed by atoms with Crippen molar-refractivity contribution < 1.29 is 4.39 Å². The standard InChI is InChI=1S/C12H14FN3O/c13-9-5-8(7-1-3-14-4-2-7)6-10-11(9)16-12(17)15-10/h5-7,14H,1-4H2,(H2,15,16,17). The molecule has 4 nitrogen and oxygen atoms in total. The van der Waals surface area contributed by atoms with E-state index in [0.717, 1.165) is 31.5 Å². The minimum absolute atomic E-state index is 0.271. The molecule has 5 heteroatoms. The van der Waals surface area contributed by atoms with Gasteiger partial charge in [-0.05, 0) is 49.5 Å². The van der Waals surface area contributed by atoms with Crippen LogP contribution in [0.1, 0.15) is 24.3 Å². The monoisotopic (exact) mass is 235 g/mol. The van der Waals surface area contributed by atoms with E-state index < -0.39 is 0 Å². The fourth-order valence-electron chi connectivity index (χ4n) is 2.51. The number of rotatable bonds is 1. The number of aromatic nitrogens is 2. The van der Waals surface area contributed by atoms with E-state index in [9.17, 15) is 9.18 Å². The van der Waals surface area contributed by atoms with Gasteiger partial charge in [-0.25, -0.2) is 9.18 Å². The number of hydrogen-bond acceptors (Lipinski definition) is 2. The second kappa shape index (κ2) is 4.00. The molecule has 1 aliphatic heterocycles. The van der Waals surface area contributed by atoms with E-state index in [1.807, 2.05) is 6.07 Å². The van der Waals surface area contributed by atoms with Crippen molar-refractivity contribution in [2.45, 2.75) is 18.8 Å². The molecule has 3 N–H and O–H groups in total. The molecule has 3 rings (SSSR count). The normalized spacial score (nSPS) is 17.7. The van der Waals surface area contributed by atoms with Crippen LogP contribution in [-0.2, 0) is 0 Å². The van der Waals surface area contributed by atoms with Crippen LogP contribution in [0.15, 0.2) is 16.9 Å². The van der Waals surface area contributed by atoms with Crippen molar-refractivity contribution in [2.24, 2.45) is 0 Å². The molecule has 1 aliphatic rings. The van der Waals surface area contributed by atoms with E-state index in [1.165, 1.54) is 0 Å². The third-order valence-corrected chi connectivity index (χ3v) is 3.41. The zero-order valence-electron chi connectivity index (χ0n) is 9.35. The summed E-state index contributed by atoms with van der Waals surface area (Å²) >= 11 is 0. The average Bonchev–Trinajstić information content (AvgIpc) is 2.71. The highest BCUT2D eigenvalue weighted by Gasteiger charge is 2.17. The van der Waals surface area contributed by atoms with Crippen LogP contribution in [0.4, 0.5) is 4.39 Å². The highest BCUT2D eigenvalue weighted by Crippen LogP contribution is 2.28. The molecule has 0 saturated carbocycles. The SMILES string of the molecule is O=c1[nH]c2cc(C3CCNCC3)cc(F)c2[nH]1. The zero-order chi connectivity index (χ0) is 11.8. The number of hydrogen-bond donors (Lipinski definition) is 3. The van der Waals surface area contributed by atoms with Crippen molar-refractivity contribution in [3.8, 4) is 0 Å². The highest BCUT2D eigenvalue weighted by molar-refractivity contribution is 5.76. The molecule has 90 valence electrons. The number of fused-ring (bicyclic) bond motifs is 1. The predicted octanol–water partition coefficient (Wildman–Crippen LogP) is 1.46. The summed E-state index contributed by atoms with van der Waals surface area (Å²) in [5.74, 6) is 0.0305. The van der Waals surface area contributed by atoms with Gasteiger partial charge < -0.3 is 15.3 Å². The summed E-state index contributed by atoms with van der Waals surface area (Å²) in [4.78, 5) is 16.2. The van der Waals surface area contributed by atoms with Crippen LogP contribution >= 0.6 is 0 Å². The number of piperidine rings is 1. The first-order valence-corrected chi connectivity index (χ1v) is 5.86. The summed E-state index contributed by atoms with van der Waals surface area (Å²) in [6.07, 6.45) is 2.03. The predicted molar refractivity (Wildman–Crippen MR) is 63.7 cm³/mol. The first-order chi connectivity index (χ1) is 8.24. The molecular weight excluding hydrogens is 221 g/mol. The summed E-state index contributed by atoms with van der Waals surface area (Å²) in [7, 11) is 0. The van der Waals surface area contributed by atoms with Crippen LogP contribution in [0, 0.1) is 5.82 Å². The maximum Gasteiger partial charge on any atom is 0.323 e. The van der Waals surface area contributed by atoms with E-state index in [0.29, 0.717) is 11.4 Å². The molecule has 2 heterocycles. The van der Waals surface area contributed by atoms with Crippen LogP contribution in [-0.4, -0.2) is 23.1 Å². The molecule has 2 aromatic rings. The number of halogens is 1. The zero-order valence-corrected chi connectivity index (χ0v) is 9.35. The van der Waals surface area contributed by atoms with Crippen LogP contribution in [0.2, 0.25) is 0 Å². The van der Waals surface area contributed by atoms with Crippen molar-refractivity contribution in [3.63, 3.8) is 0 Å².